The summed E-state index contributed by atoms with van der Waals surface area (Å²) in [6.07, 6.45) is 1.79. The molecule has 0 unspecified atom stereocenters. The van der Waals surface area contributed by atoms with Crippen molar-refractivity contribution in [2.75, 3.05) is 0 Å². The average molecular weight is 169 g/mol. The SMILES string of the molecule is CC(C)c1cn(C(C)C)c(=O)o1. The first-order valence-corrected chi connectivity index (χ1v) is 4.24. The van der Waals surface area contributed by atoms with Crippen LogP contribution in [-0.2, 0) is 0 Å². The molecule has 0 aliphatic heterocycles. The van der Waals surface area contributed by atoms with Crippen molar-refractivity contribution < 1.29 is 4.42 Å². The summed E-state index contributed by atoms with van der Waals surface area (Å²) in [5, 5.41) is 0. The Balaban J connectivity index is 3.09. The Morgan fingerprint density at radius 2 is 1.92 bits per heavy atom. The second-order valence-electron chi connectivity index (χ2n) is 3.56. The van der Waals surface area contributed by atoms with Crippen LogP contribution in [0.25, 0.3) is 0 Å². The third kappa shape index (κ3) is 1.60. The number of hydrogen-bond acceptors (Lipinski definition) is 2. The van der Waals surface area contributed by atoms with Crippen molar-refractivity contribution >= 4 is 0 Å². The standard InChI is InChI=1S/C9H15NO2/c1-6(2)8-5-10(7(3)4)9(11)12-8/h5-7H,1-4H3. The minimum atomic E-state index is -0.256. The van der Waals surface area contributed by atoms with Crippen LogP contribution >= 0.6 is 0 Å². The maximum absolute atomic E-state index is 11.2. The van der Waals surface area contributed by atoms with Gasteiger partial charge in [-0.05, 0) is 13.8 Å². The Bertz CT molecular complexity index is 307. The second kappa shape index (κ2) is 3.17. The molecule has 0 radical (unpaired) electrons. The van der Waals surface area contributed by atoms with Crippen LogP contribution < -0.4 is 5.76 Å². The molecule has 0 bridgehead atoms. The summed E-state index contributed by atoms with van der Waals surface area (Å²) in [4.78, 5) is 11.2. The molecule has 0 fully saturated rings. The maximum Gasteiger partial charge on any atom is 0.419 e. The summed E-state index contributed by atoms with van der Waals surface area (Å²) in [5.41, 5.74) is 0. The van der Waals surface area contributed by atoms with E-state index in [0.29, 0.717) is 0 Å². The molecule has 3 nitrogen and oxygen atoms in total. The number of rotatable bonds is 2. The lowest BCUT2D eigenvalue weighted by Gasteiger charge is -2.01. The van der Waals surface area contributed by atoms with Crippen molar-refractivity contribution in [2.45, 2.75) is 39.7 Å². The van der Waals surface area contributed by atoms with Crippen LogP contribution in [0.1, 0.15) is 45.4 Å². The highest BCUT2D eigenvalue weighted by Crippen LogP contribution is 2.13. The lowest BCUT2D eigenvalue weighted by atomic mass is 10.2. The molecule has 68 valence electrons. The zero-order valence-corrected chi connectivity index (χ0v) is 8.00. The Morgan fingerprint density at radius 3 is 2.17 bits per heavy atom. The Kier molecular flexibility index (Phi) is 2.40. The Morgan fingerprint density at radius 1 is 1.33 bits per heavy atom. The third-order valence-corrected chi connectivity index (χ3v) is 1.81. The van der Waals surface area contributed by atoms with Gasteiger partial charge in [-0.15, -0.1) is 0 Å². The zero-order chi connectivity index (χ0) is 9.30. The fraction of sp³-hybridized carbons (Fsp3) is 0.667. The van der Waals surface area contributed by atoms with Crippen molar-refractivity contribution in [1.29, 1.82) is 0 Å². The van der Waals surface area contributed by atoms with Crippen molar-refractivity contribution in [2.24, 2.45) is 0 Å². The van der Waals surface area contributed by atoms with E-state index < -0.39 is 0 Å². The molecular weight excluding hydrogens is 154 g/mol. The first kappa shape index (κ1) is 9.10. The van der Waals surface area contributed by atoms with Crippen LogP contribution in [0.4, 0.5) is 0 Å². The van der Waals surface area contributed by atoms with Crippen molar-refractivity contribution in [3.05, 3.63) is 22.5 Å². The molecule has 0 aliphatic rings. The Hall–Kier alpha value is -0.990. The first-order valence-electron chi connectivity index (χ1n) is 4.24. The predicted molar refractivity (Wildman–Crippen MR) is 47.4 cm³/mol. The average Bonchev–Trinajstić information content (AvgIpc) is 2.30. The third-order valence-electron chi connectivity index (χ3n) is 1.81. The second-order valence-corrected chi connectivity index (χ2v) is 3.56. The van der Waals surface area contributed by atoms with E-state index in [-0.39, 0.29) is 17.7 Å². The van der Waals surface area contributed by atoms with Crippen LogP contribution in [0.15, 0.2) is 15.4 Å². The fourth-order valence-electron chi connectivity index (χ4n) is 0.996. The highest BCUT2D eigenvalue weighted by atomic mass is 16.4. The maximum atomic E-state index is 11.2. The minimum absolute atomic E-state index is 0.175. The lowest BCUT2D eigenvalue weighted by Crippen LogP contribution is -2.14. The van der Waals surface area contributed by atoms with Crippen LogP contribution in [0, 0.1) is 0 Å². The highest BCUT2D eigenvalue weighted by molar-refractivity contribution is 4.97. The number of aromatic nitrogens is 1. The predicted octanol–water partition coefficient (Wildman–Crippen LogP) is 2.15. The molecule has 0 aliphatic carbocycles. The molecule has 1 heterocycles. The fourth-order valence-corrected chi connectivity index (χ4v) is 0.996. The smallest absolute Gasteiger partial charge is 0.413 e. The van der Waals surface area contributed by atoms with Gasteiger partial charge in [0.05, 0.1) is 0 Å². The summed E-state index contributed by atoms with van der Waals surface area (Å²) in [6.45, 7) is 7.92. The van der Waals surface area contributed by atoms with Gasteiger partial charge in [-0.25, -0.2) is 4.79 Å². The van der Waals surface area contributed by atoms with Gasteiger partial charge in [0.15, 0.2) is 0 Å². The van der Waals surface area contributed by atoms with Crippen molar-refractivity contribution in [3.63, 3.8) is 0 Å². The molecule has 0 spiro atoms. The lowest BCUT2D eigenvalue weighted by molar-refractivity contribution is 0.421. The molecule has 0 aromatic carbocycles. The van der Waals surface area contributed by atoms with E-state index >= 15 is 0 Å². The van der Waals surface area contributed by atoms with E-state index in [2.05, 4.69) is 0 Å². The molecule has 1 rings (SSSR count). The Labute approximate surface area is 72.0 Å². The molecule has 0 saturated heterocycles. The minimum Gasteiger partial charge on any atom is -0.413 e. The summed E-state index contributed by atoms with van der Waals surface area (Å²) >= 11 is 0. The van der Waals surface area contributed by atoms with Gasteiger partial charge < -0.3 is 4.42 Å². The van der Waals surface area contributed by atoms with E-state index in [0.717, 1.165) is 5.76 Å². The summed E-state index contributed by atoms with van der Waals surface area (Å²) in [6, 6.07) is 0.175. The number of hydrogen-bond donors (Lipinski definition) is 0. The highest BCUT2D eigenvalue weighted by Gasteiger charge is 2.10. The van der Waals surface area contributed by atoms with E-state index in [9.17, 15) is 4.79 Å². The molecule has 1 aromatic heterocycles. The van der Waals surface area contributed by atoms with Gasteiger partial charge in [0.2, 0.25) is 0 Å². The van der Waals surface area contributed by atoms with Crippen LogP contribution in [-0.4, -0.2) is 4.57 Å². The molecule has 12 heavy (non-hydrogen) atoms. The largest absolute Gasteiger partial charge is 0.419 e. The molecule has 0 N–H and O–H groups in total. The summed E-state index contributed by atoms with van der Waals surface area (Å²) in [5.74, 6) is 0.778. The first-order chi connectivity index (χ1) is 5.52. The quantitative estimate of drug-likeness (QED) is 0.680. The van der Waals surface area contributed by atoms with Gasteiger partial charge in [-0.3, -0.25) is 4.57 Å². The topological polar surface area (TPSA) is 35.1 Å². The van der Waals surface area contributed by atoms with Crippen LogP contribution in [0.5, 0.6) is 0 Å². The van der Waals surface area contributed by atoms with Gasteiger partial charge in [-0.2, -0.15) is 0 Å². The molecule has 0 amide bonds. The monoisotopic (exact) mass is 169 g/mol. The van der Waals surface area contributed by atoms with E-state index in [1.165, 1.54) is 0 Å². The van der Waals surface area contributed by atoms with E-state index in [1.54, 1.807) is 10.8 Å². The van der Waals surface area contributed by atoms with Crippen LogP contribution in [0.2, 0.25) is 0 Å². The van der Waals surface area contributed by atoms with Crippen molar-refractivity contribution in [1.82, 2.24) is 4.57 Å². The molecule has 1 aromatic rings. The van der Waals surface area contributed by atoms with E-state index in [1.807, 2.05) is 27.7 Å². The normalized spacial score (nSPS) is 11.5. The molecule has 0 saturated carbocycles. The van der Waals surface area contributed by atoms with Gasteiger partial charge in [0, 0.05) is 18.2 Å². The number of oxazole rings is 1. The van der Waals surface area contributed by atoms with Gasteiger partial charge >= 0.3 is 5.76 Å². The zero-order valence-electron chi connectivity index (χ0n) is 8.00. The summed E-state index contributed by atoms with van der Waals surface area (Å²) < 4.78 is 6.65. The number of nitrogens with zero attached hydrogens (tertiary/aromatic N) is 1. The van der Waals surface area contributed by atoms with E-state index in [4.69, 9.17) is 4.42 Å². The van der Waals surface area contributed by atoms with Crippen molar-refractivity contribution in [3.8, 4) is 0 Å². The van der Waals surface area contributed by atoms with Gasteiger partial charge in [0.1, 0.15) is 5.76 Å². The summed E-state index contributed by atoms with van der Waals surface area (Å²) in [7, 11) is 0. The van der Waals surface area contributed by atoms with Gasteiger partial charge in [-0.1, -0.05) is 13.8 Å². The molecule has 0 atom stereocenters. The molecule has 3 heteroatoms. The van der Waals surface area contributed by atoms with Crippen LogP contribution in [0.3, 0.4) is 0 Å². The van der Waals surface area contributed by atoms with Gasteiger partial charge in [0.25, 0.3) is 0 Å². The molecular formula is C9H15NO2.